The van der Waals surface area contributed by atoms with E-state index >= 15 is 0 Å². The summed E-state index contributed by atoms with van der Waals surface area (Å²) in [5, 5.41) is 56.9. The highest BCUT2D eigenvalue weighted by atomic mass is 16.7. The summed E-state index contributed by atoms with van der Waals surface area (Å²) in [6, 6.07) is -1.02. The number of hydrogen-bond donors (Lipinski definition) is 6. The summed E-state index contributed by atoms with van der Waals surface area (Å²) in [5.41, 5.74) is 0. The molecule has 0 aromatic rings. The minimum Gasteiger partial charge on any atom is -0.454 e. The zero-order valence-electron chi connectivity index (χ0n) is 48.9. The molecule has 1 heterocycles. The van der Waals surface area contributed by atoms with E-state index in [-0.39, 0.29) is 19.4 Å². The number of carbonyl (C=O) groups excluding carboxylic acids is 2. The van der Waals surface area contributed by atoms with Crippen LogP contribution in [0, 0.1) is 0 Å². The summed E-state index contributed by atoms with van der Waals surface area (Å²) >= 11 is 0. The molecule has 0 spiro atoms. The number of rotatable bonds is 55. The molecule has 442 valence electrons. The van der Waals surface area contributed by atoms with Crippen molar-refractivity contribution < 1.29 is 49.3 Å². The third-order valence-electron chi connectivity index (χ3n) is 15.4. The number of carbonyl (C=O) groups is 2. The van der Waals surface area contributed by atoms with E-state index in [4.69, 9.17) is 14.2 Å². The van der Waals surface area contributed by atoms with Crippen molar-refractivity contribution in [1.29, 1.82) is 0 Å². The maximum atomic E-state index is 13.4. The van der Waals surface area contributed by atoms with E-state index in [0.29, 0.717) is 12.8 Å². The Morgan fingerprint density at radius 2 is 0.880 bits per heavy atom. The molecule has 1 fully saturated rings. The Labute approximate surface area is 461 Å². The van der Waals surface area contributed by atoms with Gasteiger partial charge in [-0.15, -0.1) is 0 Å². The van der Waals surface area contributed by atoms with Crippen molar-refractivity contribution in [2.45, 2.75) is 359 Å². The number of ether oxygens (including phenoxy) is 3. The highest BCUT2D eigenvalue weighted by Crippen LogP contribution is 2.26. The monoisotopic (exact) mass is 1060 g/mol. The predicted molar refractivity (Wildman–Crippen MR) is 311 cm³/mol. The average molecular weight is 1060 g/mol. The first kappa shape index (κ1) is 71.2. The first-order valence-corrected chi connectivity index (χ1v) is 32.1. The lowest BCUT2D eigenvalue weighted by atomic mass is 9.99. The molecule has 0 aliphatic carbocycles. The fraction of sp³-hybridized carbons (Fsp3) is 0.906. The molecule has 6 N–H and O–H groups in total. The molecule has 0 radical (unpaired) electrons. The quantitative estimate of drug-likeness (QED) is 0.0195. The number of amides is 1. The van der Waals surface area contributed by atoms with Crippen molar-refractivity contribution in [3.63, 3.8) is 0 Å². The van der Waals surface area contributed by atoms with Crippen LogP contribution in [-0.2, 0) is 23.8 Å². The van der Waals surface area contributed by atoms with Crippen LogP contribution in [0.5, 0.6) is 0 Å². The highest BCUT2D eigenvalue weighted by Gasteiger charge is 2.47. The number of esters is 1. The van der Waals surface area contributed by atoms with Crippen LogP contribution in [-0.4, -0.2) is 99.6 Å². The van der Waals surface area contributed by atoms with Crippen LogP contribution >= 0.6 is 0 Å². The molecule has 11 nitrogen and oxygen atoms in total. The van der Waals surface area contributed by atoms with Crippen LogP contribution < -0.4 is 5.32 Å². The molecule has 0 bridgehead atoms. The average Bonchev–Trinajstić information content (AvgIpc) is 3.41. The van der Waals surface area contributed by atoms with E-state index in [2.05, 4.69) is 38.2 Å². The molecule has 1 rings (SSSR count). The fourth-order valence-electron chi connectivity index (χ4n) is 10.2. The van der Waals surface area contributed by atoms with Crippen molar-refractivity contribution in [2.75, 3.05) is 13.2 Å². The lowest BCUT2D eigenvalue weighted by Gasteiger charge is -2.41. The summed E-state index contributed by atoms with van der Waals surface area (Å²) in [6.07, 6.45) is 50.8. The molecule has 0 aromatic carbocycles. The maximum Gasteiger partial charge on any atom is 0.306 e. The zero-order chi connectivity index (χ0) is 54.7. The highest BCUT2D eigenvalue weighted by molar-refractivity contribution is 5.80. The second kappa shape index (κ2) is 52.8. The number of unbranched alkanes of at least 4 members (excludes halogenated alkanes) is 39. The second-order valence-corrected chi connectivity index (χ2v) is 22.5. The zero-order valence-corrected chi connectivity index (χ0v) is 48.9. The van der Waals surface area contributed by atoms with E-state index < -0.39 is 67.4 Å². The van der Waals surface area contributed by atoms with Crippen LogP contribution in [0.1, 0.15) is 310 Å². The topological polar surface area (TPSA) is 175 Å². The molecule has 1 aliphatic heterocycles. The molecular formula is C64H121NO10. The van der Waals surface area contributed by atoms with E-state index in [1.165, 1.54) is 193 Å². The van der Waals surface area contributed by atoms with Gasteiger partial charge in [0.25, 0.3) is 0 Å². The molecule has 0 saturated carbocycles. The van der Waals surface area contributed by atoms with Gasteiger partial charge in [-0.25, -0.2) is 0 Å². The molecular weight excluding hydrogens is 943 g/mol. The number of allylic oxidation sites excluding steroid dienone is 3. The van der Waals surface area contributed by atoms with Gasteiger partial charge < -0.3 is 45.1 Å². The van der Waals surface area contributed by atoms with Crippen molar-refractivity contribution in [2.24, 2.45) is 0 Å². The molecule has 0 aromatic heterocycles. The standard InChI is InChI=1S/C64H121NO10/c1-4-7-10-13-16-19-22-24-26-27-28-29-30-31-32-34-37-40-43-46-49-52-59(69)75-62-61(71)60(70)58(53-66)74-64(62)73-54-55(56(67)50-47-44-41-38-35-21-18-15-12-9-6-3)65-63(72)57(68)51-48-45-42-39-36-33-25-23-20-17-14-11-8-5-2/h20,23,47,50,55-58,60-62,64,66-68,70-71H,4-19,21-22,24-46,48-49,51-54H2,1-3H3,(H,65,72)/b23-20-,50-47+. The molecule has 1 saturated heterocycles. The van der Waals surface area contributed by atoms with Crippen LogP contribution in [0.3, 0.4) is 0 Å². The third-order valence-corrected chi connectivity index (χ3v) is 15.4. The van der Waals surface area contributed by atoms with Gasteiger partial charge >= 0.3 is 5.97 Å². The van der Waals surface area contributed by atoms with E-state index in [0.717, 1.165) is 70.6 Å². The van der Waals surface area contributed by atoms with Crippen LogP contribution in [0.15, 0.2) is 24.3 Å². The first-order valence-electron chi connectivity index (χ1n) is 32.1. The molecule has 75 heavy (non-hydrogen) atoms. The third kappa shape index (κ3) is 40.9. The summed E-state index contributed by atoms with van der Waals surface area (Å²) in [5.74, 6) is -1.19. The normalized spacial score (nSPS) is 19.3. The van der Waals surface area contributed by atoms with Gasteiger partial charge in [0.15, 0.2) is 12.4 Å². The maximum absolute atomic E-state index is 13.4. The minimum absolute atomic E-state index is 0.129. The van der Waals surface area contributed by atoms with Crippen molar-refractivity contribution in [3.8, 4) is 0 Å². The van der Waals surface area contributed by atoms with Crippen LogP contribution in [0.4, 0.5) is 0 Å². The Balaban J connectivity index is 2.61. The van der Waals surface area contributed by atoms with Gasteiger partial charge in [0.1, 0.15) is 24.4 Å². The number of hydrogen-bond acceptors (Lipinski definition) is 10. The molecule has 11 heteroatoms. The molecule has 8 unspecified atom stereocenters. The van der Waals surface area contributed by atoms with Crippen molar-refractivity contribution >= 4 is 11.9 Å². The minimum atomic E-state index is -1.61. The van der Waals surface area contributed by atoms with Gasteiger partial charge in [0.05, 0.1) is 25.4 Å². The number of nitrogens with one attached hydrogen (secondary N) is 1. The number of aliphatic hydroxyl groups excluding tert-OH is 5. The predicted octanol–water partition coefficient (Wildman–Crippen LogP) is 15.3. The summed E-state index contributed by atoms with van der Waals surface area (Å²) in [7, 11) is 0. The van der Waals surface area contributed by atoms with Gasteiger partial charge in [-0.2, -0.15) is 0 Å². The smallest absolute Gasteiger partial charge is 0.306 e. The lowest BCUT2D eigenvalue weighted by molar-refractivity contribution is -0.305. The van der Waals surface area contributed by atoms with Gasteiger partial charge in [-0.1, -0.05) is 276 Å². The van der Waals surface area contributed by atoms with Gasteiger partial charge in [-0.3, -0.25) is 9.59 Å². The van der Waals surface area contributed by atoms with Gasteiger partial charge in [-0.05, 0) is 51.4 Å². The lowest BCUT2D eigenvalue weighted by Crippen LogP contribution is -2.61. The van der Waals surface area contributed by atoms with Crippen molar-refractivity contribution in [3.05, 3.63) is 24.3 Å². The Kier molecular flexibility index (Phi) is 50.1. The van der Waals surface area contributed by atoms with Crippen molar-refractivity contribution in [1.82, 2.24) is 5.32 Å². The Hall–Kier alpha value is -1.86. The van der Waals surface area contributed by atoms with Gasteiger partial charge in [0, 0.05) is 6.42 Å². The Morgan fingerprint density at radius 1 is 0.507 bits per heavy atom. The van der Waals surface area contributed by atoms with E-state index in [9.17, 15) is 35.1 Å². The summed E-state index contributed by atoms with van der Waals surface area (Å²) < 4.78 is 17.6. The SMILES string of the molecule is CCCCCC/C=C\CCCCCCCCC(O)C(=O)NC(COC1OC(CO)C(O)C(O)C1OC(=O)CCCCCCCCCCCCCCCCCCCCCCC)C(O)/C=C/CCCCCCCCCCC. The van der Waals surface area contributed by atoms with Gasteiger partial charge in [0.2, 0.25) is 5.91 Å². The first-order chi connectivity index (χ1) is 36.7. The molecule has 1 amide bonds. The largest absolute Gasteiger partial charge is 0.454 e. The van der Waals surface area contributed by atoms with Crippen LogP contribution in [0.25, 0.3) is 0 Å². The summed E-state index contributed by atoms with van der Waals surface area (Å²) in [4.78, 5) is 26.5. The molecule has 1 aliphatic rings. The van der Waals surface area contributed by atoms with Crippen LogP contribution in [0.2, 0.25) is 0 Å². The Bertz CT molecular complexity index is 1310. The second-order valence-electron chi connectivity index (χ2n) is 22.5. The molecule has 8 atom stereocenters. The fourth-order valence-corrected chi connectivity index (χ4v) is 10.2. The summed E-state index contributed by atoms with van der Waals surface area (Å²) in [6.45, 7) is 5.80. The Morgan fingerprint density at radius 3 is 1.31 bits per heavy atom. The number of aliphatic hydroxyl groups is 5. The van der Waals surface area contributed by atoms with E-state index in [1.54, 1.807) is 6.08 Å². The van der Waals surface area contributed by atoms with E-state index in [1.807, 2.05) is 6.08 Å².